The van der Waals surface area contributed by atoms with Gasteiger partial charge < -0.3 is 15.1 Å². The number of benzene rings is 1. The molecule has 1 aliphatic carbocycles. The molecule has 158 valence electrons. The molecule has 1 saturated carbocycles. The van der Waals surface area contributed by atoms with Gasteiger partial charge in [-0.25, -0.2) is 8.42 Å². The highest BCUT2D eigenvalue weighted by molar-refractivity contribution is 7.89. The number of hydrogen-bond donors (Lipinski definition) is 2. The van der Waals surface area contributed by atoms with Crippen LogP contribution < -0.4 is 10.6 Å². The molecule has 2 unspecified atom stereocenters. The predicted molar refractivity (Wildman–Crippen MR) is 110 cm³/mol. The number of nitrogens with one attached hydrogen (secondary N) is 2. The molecule has 1 aromatic heterocycles. The number of sulfonamides is 1. The fourth-order valence-corrected chi connectivity index (χ4v) is 5.84. The summed E-state index contributed by atoms with van der Waals surface area (Å²) in [6.45, 7) is 4.36. The average molecular weight is 429 g/mol. The van der Waals surface area contributed by atoms with E-state index in [0.29, 0.717) is 18.8 Å². The monoisotopic (exact) mass is 429 g/mol. The van der Waals surface area contributed by atoms with Gasteiger partial charge in [-0.3, -0.25) is 9.59 Å². The molecule has 2 aliphatic rings. The maximum atomic E-state index is 13.0. The topological polar surface area (TPSA) is 109 Å². The van der Waals surface area contributed by atoms with E-state index in [1.807, 2.05) is 0 Å². The van der Waals surface area contributed by atoms with Gasteiger partial charge in [-0.05, 0) is 67.2 Å². The fourth-order valence-electron chi connectivity index (χ4n) is 4.29. The van der Waals surface area contributed by atoms with Crippen molar-refractivity contribution in [2.45, 2.75) is 23.8 Å². The zero-order chi connectivity index (χ0) is 21.3. The minimum atomic E-state index is -3.62. The van der Waals surface area contributed by atoms with Crippen molar-refractivity contribution in [2.24, 2.45) is 11.8 Å². The summed E-state index contributed by atoms with van der Waals surface area (Å²) >= 11 is 0. The van der Waals surface area contributed by atoms with Crippen molar-refractivity contribution in [3.63, 3.8) is 0 Å². The van der Waals surface area contributed by atoms with Crippen molar-refractivity contribution in [3.8, 4) is 0 Å². The Hall–Kier alpha value is -2.91. The first kappa shape index (κ1) is 20.4. The lowest BCUT2D eigenvalue weighted by atomic mass is 10.0. The van der Waals surface area contributed by atoms with Crippen LogP contribution in [-0.2, 0) is 14.8 Å². The molecule has 8 nitrogen and oxygen atoms in total. The van der Waals surface area contributed by atoms with E-state index in [-0.39, 0.29) is 34.4 Å². The third-order valence-electron chi connectivity index (χ3n) is 5.74. The largest absolute Gasteiger partial charge is 0.459 e. The molecule has 9 heteroatoms. The number of rotatable bonds is 6. The second kappa shape index (κ2) is 8.08. The summed E-state index contributed by atoms with van der Waals surface area (Å²) in [7, 11) is -3.62. The molecule has 4 rings (SSSR count). The summed E-state index contributed by atoms with van der Waals surface area (Å²) in [5, 5.41) is 5.58. The van der Waals surface area contributed by atoms with E-state index < -0.39 is 15.9 Å². The van der Waals surface area contributed by atoms with Gasteiger partial charge in [-0.1, -0.05) is 6.58 Å². The highest BCUT2D eigenvalue weighted by atomic mass is 32.2. The first-order valence-corrected chi connectivity index (χ1v) is 11.2. The first-order valence-electron chi connectivity index (χ1n) is 9.75. The number of carbonyl (C=O) groups is 2. The van der Waals surface area contributed by atoms with Gasteiger partial charge in [0.25, 0.3) is 5.91 Å². The quantitative estimate of drug-likeness (QED) is 0.685. The van der Waals surface area contributed by atoms with Gasteiger partial charge in [0.2, 0.25) is 15.9 Å². The minimum absolute atomic E-state index is 0.0763. The lowest BCUT2D eigenvalue weighted by molar-refractivity contribution is -0.117. The van der Waals surface area contributed by atoms with E-state index in [2.05, 4.69) is 17.2 Å². The Labute approximate surface area is 175 Å². The van der Waals surface area contributed by atoms with E-state index in [4.69, 9.17) is 4.42 Å². The predicted octanol–water partition coefficient (Wildman–Crippen LogP) is 2.23. The molecule has 30 heavy (non-hydrogen) atoms. The van der Waals surface area contributed by atoms with Gasteiger partial charge in [0.05, 0.1) is 11.2 Å². The van der Waals surface area contributed by atoms with Crippen molar-refractivity contribution < 1.29 is 22.4 Å². The first-order chi connectivity index (χ1) is 14.4. The molecule has 0 spiro atoms. The molecular formula is C21H23N3O5S. The summed E-state index contributed by atoms with van der Waals surface area (Å²) in [6.07, 6.45) is 4.21. The van der Waals surface area contributed by atoms with E-state index in [9.17, 15) is 18.0 Å². The molecule has 2 aromatic rings. The van der Waals surface area contributed by atoms with Crippen LogP contribution in [-0.4, -0.2) is 43.7 Å². The molecule has 2 amide bonds. The zero-order valence-corrected chi connectivity index (χ0v) is 17.1. The molecule has 2 fully saturated rings. The normalized spacial score (nSPS) is 23.7. The van der Waals surface area contributed by atoms with Crippen molar-refractivity contribution in [2.75, 3.05) is 18.4 Å². The van der Waals surface area contributed by atoms with Gasteiger partial charge in [-0.15, -0.1) is 0 Å². The Morgan fingerprint density at radius 1 is 1.10 bits per heavy atom. The van der Waals surface area contributed by atoms with Crippen LogP contribution in [0.2, 0.25) is 0 Å². The third-order valence-corrected chi connectivity index (χ3v) is 7.59. The van der Waals surface area contributed by atoms with Crippen LogP contribution in [0, 0.1) is 11.8 Å². The van der Waals surface area contributed by atoms with Gasteiger partial charge in [0, 0.05) is 24.8 Å². The lowest BCUT2D eigenvalue weighted by Crippen LogP contribution is -2.35. The molecule has 0 bridgehead atoms. The second-order valence-corrected chi connectivity index (χ2v) is 9.62. The number of furan rings is 1. The van der Waals surface area contributed by atoms with E-state index >= 15 is 0 Å². The standard InChI is InChI=1S/C21H23N3O5S/c1-2-20(25)22-17-10-14-12-24(13-15(14)11-17)30(27,28)18-7-5-16(6-8-18)23-21(26)19-4-3-9-29-19/h2-9,14-15,17H,1,10-13H2,(H,22,25)(H,23,26). The Morgan fingerprint density at radius 2 is 1.77 bits per heavy atom. The van der Waals surface area contributed by atoms with Crippen LogP contribution in [0.3, 0.4) is 0 Å². The summed E-state index contributed by atoms with van der Waals surface area (Å²) in [5.74, 6) is 0.0612. The fraction of sp³-hybridized carbons (Fsp3) is 0.333. The minimum Gasteiger partial charge on any atom is -0.459 e. The lowest BCUT2D eigenvalue weighted by Gasteiger charge is -2.19. The van der Waals surface area contributed by atoms with Crippen LogP contribution in [0.4, 0.5) is 5.69 Å². The number of hydrogen-bond acceptors (Lipinski definition) is 5. The highest BCUT2D eigenvalue weighted by Crippen LogP contribution is 2.40. The molecule has 2 heterocycles. The maximum Gasteiger partial charge on any atom is 0.291 e. The summed E-state index contributed by atoms with van der Waals surface area (Å²) in [4.78, 5) is 23.7. The number of amides is 2. The van der Waals surface area contributed by atoms with Crippen LogP contribution in [0.1, 0.15) is 23.4 Å². The Balaban J connectivity index is 1.38. The number of anilines is 1. The molecule has 1 saturated heterocycles. The number of carbonyl (C=O) groups excluding carboxylic acids is 2. The number of nitrogens with zero attached hydrogens (tertiary/aromatic N) is 1. The Kier molecular flexibility index (Phi) is 5.48. The Bertz CT molecular complexity index is 1030. The van der Waals surface area contributed by atoms with Gasteiger partial charge >= 0.3 is 0 Å². The highest BCUT2D eigenvalue weighted by Gasteiger charge is 2.45. The smallest absolute Gasteiger partial charge is 0.291 e. The van der Waals surface area contributed by atoms with Crippen molar-refractivity contribution >= 4 is 27.5 Å². The van der Waals surface area contributed by atoms with Crippen LogP contribution in [0.5, 0.6) is 0 Å². The van der Waals surface area contributed by atoms with Gasteiger partial charge in [0.15, 0.2) is 5.76 Å². The van der Waals surface area contributed by atoms with Crippen molar-refractivity contribution in [1.82, 2.24) is 9.62 Å². The molecule has 2 atom stereocenters. The Morgan fingerprint density at radius 3 is 2.33 bits per heavy atom. The summed E-state index contributed by atoms with van der Waals surface area (Å²) in [5.41, 5.74) is 0.481. The van der Waals surface area contributed by atoms with Crippen LogP contribution in [0.15, 0.2) is 64.6 Å². The molecular weight excluding hydrogens is 406 g/mol. The summed E-state index contributed by atoms with van der Waals surface area (Å²) < 4.78 is 32.6. The van der Waals surface area contributed by atoms with Crippen molar-refractivity contribution in [3.05, 3.63) is 61.1 Å². The van der Waals surface area contributed by atoms with Crippen LogP contribution >= 0.6 is 0 Å². The van der Waals surface area contributed by atoms with Gasteiger partial charge in [0.1, 0.15) is 0 Å². The van der Waals surface area contributed by atoms with E-state index in [1.54, 1.807) is 24.3 Å². The zero-order valence-electron chi connectivity index (χ0n) is 16.3. The molecule has 2 N–H and O–H groups in total. The van der Waals surface area contributed by atoms with E-state index in [0.717, 1.165) is 12.8 Å². The number of fused-ring (bicyclic) bond motifs is 1. The maximum absolute atomic E-state index is 13.0. The van der Waals surface area contributed by atoms with Gasteiger partial charge in [-0.2, -0.15) is 4.31 Å². The SMILES string of the molecule is C=CC(=O)NC1CC2CN(S(=O)(=O)c3ccc(NC(=O)c4ccco4)cc3)CC2C1. The summed E-state index contributed by atoms with van der Waals surface area (Å²) in [6, 6.07) is 9.35. The third kappa shape index (κ3) is 4.03. The molecule has 1 aromatic carbocycles. The van der Waals surface area contributed by atoms with E-state index in [1.165, 1.54) is 28.8 Å². The molecule has 1 aliphatic heterocycles. The van der Waals surface area contributed by atoms with Crippen LogP contribution in [0.25, 0.3) is 0 Å². The average Bonchev–Trinajstić information content (AvgIpc) is 3.45. The molecule has 0 radical (unpaired) electrons. The second-order valence-electron chi connectivity index (χ2n) is 7.68. The van der Waals surface area contributed by atoms with Crippen molar-refractivity contribution in [1.29, 1.82) is 0 Å².